The molecule has 0 aliphatic heterocycles. The molecule has 0 amide bonds. The van der Waals surface area contributed by atoms with Crippen LogP contribution in [0.5, 0.6) is 0 Å². The number of hydrogen-bond acceptors (Lipinski definition) is 2. The first-order chi connectivity index (χ1) is 9.22. The first-order valence-electron chi connectivity index (χ1n) is 7.83. The molecule has 0 aromatic carbocycles. The average Bonchev–Trinajstić information content (AvgIpc) is 2.93. The summed E-state index contributed by atoms with van der Waals surface area (Å²) in [6.45, 7) is 2.32. The Labute approximate surface area is 114 Å². The van der Waals surface area contributed by atoms with Crippen LogP contribution in [0.1, 0.15) is 81.6 Å². The molecule has 104 valence electrons. The van der Waals surface area contributed by atoms with E-state index in [0.29, 0.717) is 11.8 Å². The Morgan fingerprint density at radius 3 is 2.42 bits per heavy atom. The molecule has 1 aromatic rings. The van der Waals surface area contributed by atoms with Crippen LogP contribution in [0.2, 0.25) is 0 Å². The second-order valence-corrected chi connectivity index (χ2v) is 6.49. The van der Waals surface area contributed by atoms with E-state index in [1.165, 1.54) is 51.4 Å². The van der Waals surface area contributed by atoms with Gasteiger partial charge in [0, 0.05) is 17.9 Å². The van der Waals surface area contributed by atoms with E-state index >= 15 is 0 Å². The van der Waals surface area contributed by atoms with Crippen molar-refractivity contribution in [2.24, 2.45) is 5.92 Å². The van der Waals surface area contributed by atoms with Crippen LogP contribution in [0.15, 0.2) is 10.9 Å². The zero-order valence-electron chi connectivity index (χ0n) is 11.8. The number of nitrogens with zero attached hydrogens (tertiary/aromatic N) is 1. The van der Waals surface area contributed by atoms with Crippen LogP contribution in [0.25, 0.3) is 0 Å². The molecule has 1 aromatic heterocycles. The van der Waals surface area contributed by atoms with Crippen LogP contribution in [0.4, 0.5) is 0 Å². The molecular formula is C16H24N2O. The summed E-state index contributed by atoms with van der Waals surface area (Å²) >= 11 is 0. The third kappa shape index (κ3) is 2.90. The van der Waals surface area contributed by atoms with Gasteiger partial charge in [-0.05, 0) is 31.6 Å². The molecule has 0 radical (unpaired) electrons. The van der Waals surface area contributed by atoms with Crippen molar-refractivity contribution in [1.82, 2.24) is 9.97 Å². The van der Waals surface area contributed by atoms with Crippen LogP contribution in [0, 0.1) is 5.92 Å². The minimum absolute atomic E-state index is 0.0468. The highest BCUT2D eigenvalue weighted by atomic mass is 16.1. The molecule has 0 atom stereocenters. The van der Waals surface area contributed by atoms with E-state index in [4.69, 9.17) is 4.98 Å². The predicted octanol–water partition coefficient (Wildman–Crippen LogP) is 3.72. The predicted molar refractivity (Wildman–Crippen MR) is 76.4 cm³/mol. The molecule has 2 fully saturated rings. The topological polar surface area (TPSA) is 45.8 Å². The normalized spacial score (nSPS) is 28.7. The van der Waals surface area contributed by atoms with E-state index < -0.39 is 0 Å². The fourth-order valence-corrected chi connectivity index (χ4v) is 3.65. The lowest BCUT2D eigenvalue weighted by Crippen LogP contribution is -2.20. The number of aromatic amines is 1. The van der Waals surface area contributed by atoms with Crippen molar-refractivity contribution in [1.29, 1.82) is 0 Å². The maximum Gasteiger partial charge on any atom is 0.251 e. The second kappa shape index (κ2) is 5.48. The lowest BCUT2D eigenvalue weighted by atomic mass is 9.82. The smallest absolute Gasteiger partial charge is 0.251 e. The third-order valence-electron chi connectivity index (χ3n) is 4.96. The van der Waals surface area contributed by atoms with E-state index in [1.54, 1.807) is 6.07 Å². The molecule has 0 spiro atoms. The molecule has 1 N–H and O–H groups in total. The summed E-state index contributed by atoms with van der Waals surface area (Å²) in [5.74, 6) is 2.80. The number of hydrogen-bond donors (Lipinski definition) is 1. The Morgan fingerprint density at radius 1 is 1.05 bits per heavy atom. The highest BCUT2D eigenvalue weighted by Gasteiger charge is 2.24. The summed E-state index contributed by atoms with van der Waals surface area (Å²) in [4.78, 5) is 19.7. The fraction of sp³-hybridized carbons (Fsp3) is 0.750. The molecule has 19 heavy (non-hydrogen) atoms. The van der Waals surface area contributed by atoms with E-state index in [-0.39, 0.29) is 5.56 Å². The van der Waals surface area contributed by atoms with Crippen molar-refractivity contribution in [3.05, 3.63) is 27.9 Å². The van der Waals surface area contributed by atoms with Crippen LogP contribution in [-0.2, 0) is 0 Å². The summed E-state index contributed by atoms with van der Waals surface area (Å²) in [6.07, 6.45) is 9.88. The van der Waals surface area contributed by atoms with E-state index in [0.717, 1.165) is 17.4 Å². The summed E-state index contributed by atoms with van der Waals surface area (Å²) in [6, 6.07) is 1.73. The number of nitrogens with one attached hydrogen (secondary N) is 1. The quantitative estimate of drug-likeness (QED) is 0.880. The van der Waals surface area contributed by atoms with Crippen LogP contribution >= 0.6 is 0 Å². The maximum absolute atomic E-state index is 11.9. The van der Waals surface area contributed by atoms with Gasteiger partial charge in [-0.3, -0.25) is 4.79 Å². The van der Waals surface area contributed by atoms with Gasteiger partial charge in [-0.25, -0.2) is 4.98 Å². The van der Waals surface area contributed by atoms with Gasteiger partial charge >= 0.3 is 0 Å². The third-order valence-corrected chi connectivity index (χ3v) is 4.96. The Morgan fingerprint density at radius 2 is 1.74 bits per heavy atom. The Kier molecular flexibility index (Phi) is 3.72. The van der Waals surface area contributed by atoms with Gasteiger partial charge in [0.05, 0.1) is 5.69 Å². The molecule has 2 saturated carbocycles. The monoisotopic (exact) mass is 260 g/mol. The van der Waals surface area contributed by atoms with Crippen molar-refractivity contribution >= 4 is 0 Å². The van der Waals surface area contributed by atoms with Crippen molar-refractivity contribution in [3.8, 4) is 0 Å². The standard InChI is InChI=1S/C16H24N2O/c1-11-6-8-13(9-7-11)16-17-14(10-15(19)18-16)12-4-2-3-5-12/h10-13H,2-9H2,1H3,(H,17,18,19). The largest absolute Gasteiger partial charge is 0.310 e. The molecular weight excluding hydrogens is 236 g/mol. The van der Waals surface area contributed by atoms with Gasteiger partial charge in [0.25, 0.3) is 5.56 Å². The highest BCUT2D eigenvalue weighted by molar-refractivity contribution is 5.12. The Balaban J connectivity index is 1.83. The van der Waals surface area contributed by atoms with Gasteiger partial charge in [-0.2, -0.15) is 0 Å². The van der Waals surface area contributed by atoms with Gasteiger partial charge in [-0.1, -0.05) is 32.6 Å². The molecule has 0 bridgehead atoms. The van der Waals surface area contributed by atoms with Crippen molar-refractivity contribution in [3.63, 3.8) is 0 Å². The van der Waals surface area contributed by atoms with Gasteiger partial charge in [-0.15, -0.1) is 0 Å². The molecule has 0 unspecified atom stereocenters. The van der Waals surface area contributed by atoms with Gasteiger partial charge in [0.2, 0.25) is 0 Å². The lowest BCUT2D eigenvalue weighted by Gasteiger charge is -2.25. The summed E-state index contributed by atoms with van der Waals surface area (Å²) < 4.78 is 0. The zero-order valence-corrected chi connectivity index (χ0v) is 11.8. The molecule has 2 aliphatic rings. The first-order valence-corrected chi connectivity index (χ1v) is 7.83. The van der Waals surface area contributed by atoms with Gasteiger partial charge < -0.3 is 4.98 Å². The number of H-pyrrole nitrogens is 1. The molecule has 0 saturated heterocycles. The molecule has 3 nitrogen and oxygen atoms in total. The van der Waals surface area contributed by atoms with Crippen molar-refractivity contribution in [2.75, 3.05) is 0 Å². The minimum Gasteiger partial charge on any atom is -0.310 e. The summed E-state index contributed by atoms with van der Waals surface area (Å²) in [5.41, 5.74) is 1.10. The molecule has 1 heterocycles. The van der Waals surface area contributed by atoms with Gasteiger partial charge in [0.1, 0.15) is 5.82 Å². The van der Waals surface area contributed by atoms with Crippen LogP contribution in [0.3, 0.4) is 0 Å². The first kappa shape index (κ1) is 12.9. The Hall–Kier alpha value is -1.12. The second-order valence-electron chi connectivity index (χ2n) is 6.49. The highest BCUT2D eigenvalue weighted by Crippen LogP contribution is 2.36. The molecule has 3 rings (SSSR count). The van der Waals surface area contributed by atoms with Crippen LogP contribution < -0.4 is 5.56 Å². The van der Waals surface area contributed by atoms with E-state index in [1.807, 2.05) is 0 Å². The van der Waals surface area contributed by atoms with Crippen molar-refractivity contribution in [2.45, 2.75) is 70.1 Å². The fourth-order valence-electron chi connectivity index (χ4n) is 3.65. The zero-order chi connectivity index (χ0) is 13.2. The van der Waals surface area contributed by atoms with Gasteiger partial charge in [0.15, 0.2) is 0 Å². The van der Waals surface area contributed by atoms with E-state index in [9.17, 15) is 4.79 Å². The number of aromatic nitrogens is 2. The summed E-state index contributed by atoms with van der Waals surface area (Å²) in [7, 11) is 0. The van der Waals surface area contributed by atoms with Crippen molar-refractivity contribution < 1.29 is 0 Å². The maximum atomic E-state index is 11.9. The molecule has 2 aliphatic carbocycles. The number of rotatable bonds is 2. The Bertz CT molecular complexity index is 480. The molecule has 3 heteroatoms. The van der Waals surface area contributed by atoms with Crippen LogP contribution in [-0.4, -0.2) is 9.97 Å². The minimum atomic E-state index is 0.0468. The summed E-state index contributed by atoms with van der Waals surface area (Å²) in [5, 5.41) is 0. The SMILES string of the molecule is CC1CCC(c2nc(C3CCCC3)cc(=O)[nH]2)CC1. The average molecular weight is 260 g/mol. The lowest BCUT2D eigenvalue weighted by molar-refractivity contribution is 0.338. The van der Waals surface area contributed by atoms with E-state index in [2.05, 4.69) is 11.9 Å².